The van der Waals surface area contributed by atoms with Crippen LogP contribution in [0.2, 0.25) is 0 Å². The molecular formula is C12H20O2. The highest BCUT2D eigenvalue weighted by atomic mass is 16.5. The maximum atomic E-state index is 11.0. The smallest absolute Gasteiger partial charge is 0.158 e. The number of carbonyl (C=O) groups is 1. The predicted octanol–water partition coefficient (Wildman–Crippen LogP) is 2.58. The Kier molecular flexibility index (Phi) is 4.33. The largest absolute Gasteiger partial charge is 0.370 e. The Morgan fingerprint density at radius 3 is 2.71 bits per heavy atom. The molecule has 80 valence electrons. The summed E-state index contributed by atoms with van der Waals surface area (Å²) in [5.41, 5.74) is 0. The first kappa shape index (κ1) is 11.4. The van der Waals surface area contributed by atoms with Gasteiger partial charge in [0.15, 0.2) is 5.78 Å². The molecule has 0 aliphatic heterocycles. The zero-order valence-electron chi connectivity index (χ0n) is 9.32. The summed E-state index contributed by atoms with van der Waals surface area (Å²) in [6, 6.07) is 0. The molecule has 0 aromatic carbocycles. The van der Waals surface area contributed by atoms with Gasteiger partial charge in [0.2, 0.25) is 0 Å². The average molecular weight is 196 g/mol. The van der Waals surface area contributed by atoms with Crippen LogP contribution < -0.4 is 0 Å². The van der Waals surface area contributed by atoms with Gasteiger partial charge in [-0.05, 0) is 38.5 Å². The summed E-state index contributed by atoms with van der Waals surface area (Å²) in [6.45, 7) is 6.36. The second-order valence-corrected chi connectivity index (χ2v) is 4.27. The maximum Gasteiger partial charge on any atom is 0.158 e. The van der Waals surface area contributed by atoms with Crippen LogP contribution in [-0.2, 0) is 9.53 Å². The summed E-state index contributed by atoms with van der Waals surface area (Å²) < 4.78 is 5.53. The van der Waals surface area contributed by atoms with Crippen molar-refractivity contribution >= 4 is 5.78 Å². The molecule has 0 saturated carbocycles. The normalized spacial score (nSPS) is 28.8. The summed E-state index contributed by atoms with van der Waals surface area (Å²) in [7, 11) is 0. The first-order valence-corrected chi connectivity index (χ1v) is 5.38. The number of ketones is 1. The van der Waals surface area contributed by atoms with Crippen molar-refractivity contribution in [2.75, 3.05) is 6.61 Å². The van der Waals surface area contributed by atoms with Crippen LogP contribution in [0, 0.1) is 11.8 Å². The molecule has 1 rings (SSSR count). The van der Waals surface area contributed by atoms with E-state index in [9.17, 15) is 4.79 Å². The lowest BCUT2D eigenvalue weighted by Crippen LogP contribution is -2.25. The molecule has 2 heteroatoms. The highest BCUT2D eigenvalue weighted by Crippen LogP contribution is 2.25. The highest BCUT2D eigenvalue weighted by Gasteiger charge is 2.20. The fourth-order valence-corrected chi connectivity index (χ4v) is 1.62. The molecule has 0 aromatic rings. The van der Waals surface area contributed by atoms with Gasteiger partial charge in [0.1, 0.15) is 6.10 Å². The molecule has 0 radical (unpaired) electrons. The summed E-state index contributed by atoms with van der Waals surface area (Å²) in [5, 5.41) is 0. The predicted molar refractivity (Wildman–Crippen MR) is 57.1 cm³/mol. The van der Waals surface area contributed by atoms with E-state index < -0.39 is 0 Å². The molecule has 14 heavy (non-hydrogen) atoms. The van der Waals surface area contributed by atoms with Crippen LogP contribution in [0.1, 0.15) is 33.6 Å². The third-order valence-electron chi connectivity index (χ3n) is 3.05. The standard InChI is InChI=1S/C12H20O2/c1-9-6-4-5-7-12(9)8-14-11(3)10(2)13/h4-5,9,11-12H,6-8H2,1-3H3. The monoisotopic (exact) mass is 196 g/mol. The third kappa shape index (κ3) is 3.26. The molecule has 0 fully saturated rings. The van der Waals surface area contributed by atoms with Gasteiger partial charge in [-0.15, -0.1) is 0 Å². The van der Waals surface area contributed by atoms with Gasteiger partial charge in [-0.25, -0.2) is 0 Å². The van der Waals surface area contributed by atoms with Gasteiger partial charge in [-0.3, -0.25) is 4.79 Å². The second kappa shape index (κ2) is 5.30. The van der Waals surface area contributed by atoms with E-state index in [1.807, 2.05) is 6.92 Å². The molecule has 2 nitrogen and oxygen atoms in total. The van der Waals surface area contributed by atoms with Crippen molar-refractivity contribution < 1.29 is 9.53 Å². The molecule has 0 heterocycles. The van der Waals surface area contributed by atoms with E-state index in [0.717, 1.165) is 12.8 Å². The van der Waals surface area contributed by atoms with E-state index in [0.29, 0.717) is 18.4 Å². The van der Waals surface area contributed by atoms with E-state index in [1.54, 1.807) is 6.92 Å². The Bertz CT molecular complexity index is 220. The molecule has 0 spiro atoms. The van der Waals surface area contributed by atoms with Gasteiger partial charge >= 0.3 is 0 Å². The molecule has 0 amide bonds. The summed E-state index contributed by atoms with van der Waals surface area (Å²) in [4.78, 5) is 11.0. The number of hydrogen-bond donors (Lipinski definition) is 0. The highest BCUT2D eigenvalue weighted by molar-refractivity contribution is 5.79. The lowest BCUT2D eigenvalue weighted by atomic mass is 9.85. The number of rotatable bonds is 4. The Labute approximate surface area is 86.3 Å². The van der Waals surface area contributed by atoms with Gasteiger partial charge in [-0.1, -0.05) is 19.1 Å². The van der Waals surface area contributed by atoms with Crippen molar-refractivity contribution in [1.29, 1.82) is 0 Å². The van der Waals surface area contributed by atoms with Gasteiger partial charge in [0.25, 0.3) is 0 Å². The first-order valence-electron chi connectivity index (χ1n) is 5.38. The van der Waals surface area contributed by atoms with Gasteiger partial charge in [0, 0.05) is 0 Å². The SMILES string of the molecule is CC(=O)C(C)OCC1CC=CCC1C. The quantitative estimate of drug-likeness (QED) is 0.646. The van der Waals surface area contributed by atoms with E-state index in [2.05, 4.69) is 19.1 Å². The lowest BCUT2D eigenvalue weighted by molar-refractivity contribution is -0.128. The Balaban J connectivity index is 2.30. The minimum absolute atomic E-state index is 0.115. The Hall–Kier alpha value is -0.630. The van der Waals surface area contributed by atoms with Crippen LogP contribution in [-0.4, -0.2) is 18.5 Å². The molecular weight excluding hydrogens is 176 g/mol. The fourth-order valence-electron chi connectivity index (χ4n) is 1.62. The topological polar surface area (TPSA) is 26.3 Å². The van der Waals surface area contributed by atoms with Crippen LogP contribution in [0.5, 0.6) is 0 Å². The van der Waals surface area contributed by atoms with Crippen LogP contribution in [0.15, 0.2) is 12.2 Å². The minimum Gasteiger partial charge on any atom is -0.370 e. The van der Waals surface area contributed by atoms with E-state index in [4.69, 9.17) is 4.74 Å². The van der Waals surface area contributed by atoms with E-state index in [1.165, 1.54) is 0 Å². The van der Waals surface area contributed by atoms with E-state index in [-0.39, 0.29) is 11.9 Å². The van der Waals surface area contributed by atoms with Crippen LogP contribution >= 0.6 is 0 Å². The number of hydrogen-bond acceptors (Lipinski definition) is 2. The van der Waals surface area contributed by atoms with E-state index >= 15 is 0 Å². The van der Waals surface area contributed by atoms with Crippen molar-refractivity contribution in [3.05, 3.63) is 12.2 Å². The van der Waals surface area contributed by atoms with Crippen molar-refractivity contribution in [2.24, 2.45) is 11.8 Å². The Morgan fingerprint density at radius 1 is 1.50 bits per heavy atom. The fraction of sp³-hybridized carbons (Fsp3) is 0.750. The number of ether oxygens (including phenoxy) is 1. The summed E-state index contributed by atoms with van der Waals surface area (Å²) in [6.07, 6.45) is 6.43. The minimum atomic E-state index is -0.242. The van der Waals surface area contributed by atoms with Crippen molar-refractivity contribution in [3.63, 3.8) is 0 Å². The molecule has 1 aliphatic rings. The molecule has 0 saturated heterocycles. The molecule has 0 bridgehead atoms. The number of carbonyl (C=O) groups excluding carboxylic acids is 1. The second-order valence-electron chi connectivity index (χ2n) is 4.27. The van der Waals surface area contributed by atoms with Crippen molar-refractivity contribution in [1.82, 2.24) is 0 Å². The van der Waals surface area contributed by atoms with Crippen LogP contribution in [0.4, 0.5) is 0 Å². The van der Waals surface area contributed by atoms with Crippen LogP contribution in [0.25, 0.3) is 0 Å². The van der Waals surface area contributed by atoms with Crippen LogP contribution in [0.3, 0.4) is 0 Å². The number of Topliss-reactive ketones (excluding diaryl/α,β-unsaturated/α-hetero) is 1. The van der Waals surface area contributed by atoms with Gasteiger partial charge in [0.05, 0.1) is 6.61 Å². The first-order chi connectivity index (χ1) is 6.61. The molecule has 0 aromatic heterocycles. The molecule has 3 atom stereocenters. The average Bonchev–Trinajstić information content (AvgIpc) is 2.16. The van der Waals surface area contributed by atoms with Gasteiger partial charge in [-0.2, -0.15) is 0 Å². The van der Waals surface area contributed by atoms with Crippen molar-refractivity contribution in [3.8, 4) is 0 Å². The zero-order chi connectivity index (χ0) is 10.6. The molecule has 1 aliphatic carbocycles. The lowest BCUT2D eigenvalue weighted by Gasteiger charge is -2.25. The van der Waals surface area contributed by atoms with Gasteiger partial charge < -0.3 is 4.74 Å². The molecule has 0 N–H and O–H groups in total. The maximum absolute atomic E-state index is 11.0. The summed E-state index contributed by atoms with van der Waals surface area (Å²) >= 11 is 0. The van der Waals surface area contributed by atoms with Crippen molar-refractivity contribution in [2.45, 2.75) is 39.7 Å². The third-order valence-corrected chi connectivity index (χ3v) is 3.05. The zero-order valence-corrected chi connectivity index (χ0v) is 9.32. The Morgan fingerprint density at radius 2 is 2.14 bits per heavy atom. The molecule has 3 unspecified atom stereocenters. The summed E-state index contributed by atoms with van der Waals surface area (Å²) in [5.74, 6) is 1.38. The number of allylic oxidation sites excluding steroid dienone is 2.